The maximum atomic E-state index is 13.1. The fourth-order valence-electron chi connectivity index (χ4n) is 2.32. The van der Waals surface area contributed by atoms with E-state index in [0.29, 0.717) is 17.1 Å². The molecular weight excluding hydrogens is 381 g/mol. The Morgan fingerprint density at radius 3 is 2.42 bits per heavy atom. The first kappa shape index (κ1) is 18.1. The Morgan fingerprint density at radius 1 is 1.12 bits per heavy atom. The molecule has 9 heteroatoms. The van der Waals surface area contributed by atoms with E-state index >= 15 is 0 Å². The van der Waals surface area contributed by atoms with E-state index in [4.69, 9.17) is 11.6 Å². The Labute approximate surface area is 153 Å². The second kappa shape index (κ2) is 6.89. The van der Waals surface area contributed by atoms with E-state index in [-0.39, 0.29) is 21.2 Å². The minimum Gasteiger partial charge on any atom is -0.307 e. The number of hydrogen-bond acceptors (Lipinski definition) is 4. The van der Waals surface area contributed by atoms with Crippen LogP contribution >= 0.6 is 11.6 Å². The molecule has 3 aromatic rings. The molecule has 0 spiro atoms. The van der Waals surface area contributed by atoms with Crippen molar-refractivity contribution in [2.45, 2.75) is 11.8 Å². The van der Waals surface area contributed by atoms with Gasteiger partial charge in [-0.05, 0) is 49.4 Å². The molecule has 2 aromatic carbocycles. The number of anilines is 1. The van der Waals surface area contributed by atoms with E-state index in [1.165, 1.54) is 18.2 Å². The molecule has 0 unspecified atom stereocenters. The molecule has 26 heavy (non-hydrogen) atoms. The first-order chi connectivity index (χ1) is 12.2. The molecule has 1 heterocycles. The van der Waals surface area contributed by atoms with Crippen molar-refractivity contribution in [3.8, 4) is 11.4 Å². The van der Waals surface area contributed by atoms with Crippen LogP contribution < -0.4 is 10.3 Å². The fraction of sp³-hybridized carbons (Fsp3) is 0.0588. The average Bonchev–Trinajstić information content (AvgIpc) is 2.53. The lowest BCUT2D eigenvalue weighted by Gasteiger charge is -2.10. The number of hydrogen-bond donors (Lipinski definition) is 2. The Kier molecular flexibility index (Phi) is 4.80. The van der Waals surface area contributed by atoms with E-state index in [9.17, 15) is 17.6 Å². The third kappa shape index (κ3) is 3.92. The largest absolute Gasteiger partial charge is 0.307 e. The second-order valence-corrected chi connectivity index (χ2v) is 7.55. The summed E-state index contributed by atoms with van der Waals surface area (Å²) in [7, 11) is -3.97. The van der Waals surface area contributed by atoms with Crippen molar-refractivity contribution in [3.05, 3.63) is 75.4 Å². The van der Waals surface area contributed by atoms with Crippen molar-refractivity contribution in [1.29, 1.82) is 0 Å². The summed E-state index contributed by atoms with van der Waals surface area (Å²) in [4.78, 5) is 18.1. The molecule has 2 N–H and O–H groups in total. The summed E-state index contributed by atoms with van der Waals surface area (Å²) in [6, 6.07) is 10.7. The Hall–Kier alpha value is -2.71. The Bertz CT molecular complexity index is 1130. The maximum Gasteiger partial charge on any atom is 0.263 e. The van der Waals surface area contributed by atoms with E-state index in [2.05, 4.69) is 14.7 Å². The summed E-state index contributed by atoms with van der Waals surface area (Å²) >= 11 is 5.81. The van der Waals surface area contributed by atoms with Gasteiger partial charge in [0.05, 0.1) is 5.02 Å². The molecule has 0 bridgehead atoms. The summed E-state index contributed by atoms with van der Waals surface area (Å²) in [5, 5.41) is -0.212. The molecule has 134 valence electrons. The molecule has 0 radical (unpaired) electrons. The number of halogens is 2. The van der Waals surface area contributed by atoms with Crippen LogP contribution in [0.3, 0.4) is 0 Å². The Morgan fingerprint density at radius 2 is 1.81 bits per heavy atom. The monoisotopic (exact) mass is 393 g/mol. The second-order valence-electron chi connectivity index (χ2n) is 5.49. The highest BCUT2D eigenvalue weighted by Gasteiger charge is 2.18. The molecule has 6 nitrogen and oxygen atoms in total. The lowest BCUT2D eigenvalue weighted by Crippen LogP contribution is -2.13. The molecule has 0 atom stereocenters. The molecular formula is C17H13ClFN3O3S. The molecule has 0 fully saturated rings. The van der Waals surface area contributed by atoms with Crippen LogP contribution in [-0.2, 0) is 10.0 Å². The van der Waals surface area contributed by atoms with Crippen molar-refractivity contribution in [1.82, 2.24) is 9.97 Å². The summed E-state index contributed by atoms with van der Waals surface area (Å²) in [6.45, 7) is 1.70. The average molecular weight is 394 g/mol. The van der Waals surface area contributed by atoms with E-state index in [1.54, 1.807) is 19.1 Å². The van der Waals surface area contributed by atoms with Gasteiger partial charge in [-0.15, -0.1) is 0 Å². The summed E-state index contributed by atoms with van der Waals surface area (Å²) in [5.41, 5.74) is 1.19. The highest BCUT2D eigenvalue weighted by atomic mass is 35.5. The van der Waals surface area contributed by atoms with Gasteiger partial charge in [0.25, 0.3) is 15.6 Å². The minimum atomic E-state index is -3.97. The van der Waals surface area contributed by atoms with Gasteiger partial charge in [-0.1, -0.05) is 11.6 Å². The first-order valence-electron chi connectivity index (χ1n) is 7.41. The number of H-pyrrole nitrogens is 1. The molecule has 0 saturated heterocycles. The molecule has 0 aliphatic carbocycles. The zero-order chi connectivity index (χ0) is 18.9. The minimum absolute atomic E-state index is 0.212. The number of rotatable bonds is 4. The number of sulfonamides is 1. The van der Waals surface area contributed by atoms with Crippen molar-refractivity contribution in [2.75, 3.05) is 4.72 Å². The normalized spacial score (nSPS) is 11.3. The molecule has 1 aromatic heterocycles. The number of benzene rings is 2. The molecule has 0 amide bonds. The summed E-state index contributed by atoms with van der Waals surface area (Å²) in [5.74, 6) is -0.246. The van der Waals surface area contributed by atoms with Gasteiger partial charge in [0.15, 0.2) is 0 Å². The van der Waals surface area contributed by atoms with Crippen LogP contribution in [0.1, 0.15) is 5.69 Å². The predicted octanol–water partition coefficient (Wildman–Crippen LogP) is 3.34. The van der Waals surface area contributed by atoms with E-state index in [0.717, 1.165) is 18.2 Å². The lowest BCUT2D eigenvalue weighted by atomic mass is 10.2. The topological polar surface area (TPSA) is 91.9 Å². The van der Waals surface area contributed by atoms with Gasteiger partial charge < -0.3 is 4.98 Å². The number of aryl methyl sites for hydroxylation is 1. The number of nitrogens with one attached hydrogen (secondary N) is 2. The molecule has 0 aliphatic rings. The van der Waals surface area contributed by atoms with Crippen molar-refractivity contribution >= 4 is 27.3 Å². The van der Waals surface area contributed by atoms with Gasteiger partial charge in [-0.2, -0.15) is 0 Å². The first-order valence-corrected chi connectivity index (χ1v) is 9.27. The quantitative estimate of drug-likeness (QED) is 0.711. The molecule has 0 aliphatic heterocycles. The summed E-state index contributed by atoms with van der Waals surface area (Å²) < 4.78 is 40.3. The zero-order valence-electron chi connectivity index (χ0n) is 13.5. The Balaban J connectivity index is 1.88. The van der Waals surface area contributed by atoms with Gasteiger partial charge in [0.1, 0.15) is 16.5 Å². The van der Waals surface area contributed by atoms with Crippen LogP contribution in [0.4, 0.5) is 10.1 Å². The number of nitrogens with zero attached hydrogens (tertiary/aromatic N) is 1. The van der Waals surface area contributed by atoms with Crippen molar-refractivity contribution in [2.24, 2.45) is 0 Å². The molecule has 0 saturated carbocycles. The van der Waals surface area contributed by atoms with Crippen molar-refractivity contribution < 1.29 is 12.8 Å². The number of aromatic nitrogens is 2. The predicted molar refractivity (Wildman–Crippen MR) is 97.2 cm³/mol. The van der Waals surface area contributed by atoms with Gasteiger partial charge >= 0.3 is 0 Å². The van der Waals surface area contributed by atoms with E-state index in [1.807, 2.05) is 0 Å². The van der Waals surface area contributed by atoms with Crippen molar-refractivity contribution in [3.63, 3.8) is 0 Å². The van der Waals surface area contributed by atoms with Crippen LogP contribution in [0, 0.1) is 12.7 Å². The van der Waals surface area contributed by atoms with Gasteiger partial charge in [0.2, 0.25) is 0 Å². The smallest absolute Gasteiger partial charge is 0.263 e. The highest BCUT2D eigenvalue weighted by Crippen LogP contribution is 2.25. The van der Waals surface area contributed by atoms with Crippen LogP contribution in [0.25, 0.3) is 11.4 Å². The van der Waals surface area contributed by atoms with Gasteiger partial charge in [0, 0.05) is 23.0 Å². The third-order valence-electron chi connectivity index (χ3n) is 3.46. The SMILES string of the molecule is Cc1cc(=O)[nH]c(-c2ccc(NS(=O)(=O)c3ccc(F)cc3Cl)cc2)n1. The van der Waals surface area contributed by atoms with Crippen LogP contribution in [0.5, 0.6) is 0 Å². The zero-order valence-corrected chi connectivity index (χ0v) is 15.0. The van der Waals surface area contributed by atoms with Gasteiger partial charge in [-0.25, -0.2) is 17.8 Å². The standard InChI is InChI=1S/C17H13ClFN3O3S/c1-10-8-16(23)21-17(20-10)11-2-5-13(6-3-11)22-26(24,25)15-7-4-12(19)9-14(15)18/h2-9,22H,1H3,(H,20,21,23). The van der Waals surface area contributed by atoms with Crippen LogP contribution in [0.2, 0.25) is 5.02 Å². The third-order valence-corrected chi connectivity index (χ3v) is 5.33. The van der Waals surface area contributed by atoms with Crippen LogP contribution in [0.15, 0.2) is 58.2 Å². The maximum absolute atomic E-state index is 13.1. The fourth-order valence-corrected chi connectivity index (χ4v) is 3.91. The number of aromatic amines is 1. The highest BCUT2D eigenvalue weighted by molar-refractivity contribution is 7.92. The lowest BCUT2D eigenvalue weighted by molar-refractivity contribution is 0.600. The summed E-state index contributed by atoms with van der Waals surface area (Å²) in [6.07, 6.45) is 0. The van der Waals surface area contributed by atoms with E-state index < -0.39 is 15.8 Å². The van der Waals surface area contributed by atoms with Gasteiger partial charge in [-0.3, -0.25) is 9.52 Å². The molecule has 3 rings (SSSR count). The van der Waals surface area contributed by atoms with Crippen LogP contribution in [-0.4, -0.2) is 18.4 Å².